The number of carbonyl (C=O) groups is 5. The molecule has 0 bridgehead atoms. The molecule has 4 aliphatic heterocycles. The number of benzene rings is 3. The maximum Gasteiger partial charge on any atom is 0.425 e. The van der Waals surface area contributed by atoms with Gasteiger partial charge >= 0.3 is 24.0 Å². The standard InChI is InChI=1S/C65H88N4O15/c1-15-50-65(10)55(69(62(74)84-65)67-33-24-29-44-32-34-66-48-31-23-22-30-47(44)48)40(4)52(70)38(2)36-63(8,75-13)56(83-61-54(49(68(11)12)35-39(3)77-61)81-59(72)45-25-18-16-19-26-45)41(5)53(42(6)58(71)79-50)80-51-37-64(9,76-14)57(43(7)78-51)82-60(73)46-27-20-17-21-28-46/h16-23,25-28,30-32,34,38-43,49-51,53-57,61,67H,15,24,29,33,35-37H2,1-14H3/t38-,39?,40+,41+,42-,43?,49?,50-,51?,53+,54?,55-,56-,57?,61?,63-,64?,65-/m1/s1. The van der Waals surface area contributed by atoms with Gasteiger partial charge in [0.15, 0.2) is 30.4 Å². The number of methoxy groups -OCH3 is 2. The van der Waals surface area contributed by atoms with Gasteiger partial charge in [0.1, 0.15) is 23.5 Å². The van der Waals surface area contributed by atoms with E-state index in [1.807, 2.05) is 103 Å². The third-order valence-corrected chi connectivity index (χ3v) is 18.1. The Morgan fingerprint density at radius 1 is 0.750 bits per heavy atom. The van der Waals surface area contributed by atoms with Crippen LogP contribution in [0.1, 0.15) is 128 Å². The molecule has 4 saturated heterocycles. The van der Waals surface area contributed by atoms with Crippen LogP contribution in [-0.2, 0) is 63.4 Å². The fourth-order valence-electron chi connectivity index (χ4n) is 13.4. The first-order valence-electron chi connectivity index (χ1n) is 29.7. The van der Waals surface area contributed by atoms with Crippen molar-refractivity contribution in [3.05, 3.63) is 114 Å². The normalized spacial score (nSPS) is 35.2. The van der Waals surface area contributed by atoms with Gasteiger partial charge in [-0.3, -0.25) is 14.6 Å². The van der Waals surface area contributed by atoms with E-state index >= 15 is 9.59 Å². The van der Waals surface area contributed by atoms with Gasteiger partial charge in [-0.25, -0.2) is 24.8 Å². The maximum atomic E-state index is 15.5. The molecule has 18 atom stereocenters. The van der Waals surface area contributed by atoms with Crippen LogP contribution in [0.3, 0.4) is 0 Å². The number of pyridine rings is 1. The van der Waals surface area contributed by atoms with Crippen molar-refractivity contribution in [2.75, 3.05) is 34.9 Å². The highest BCUT2D eigenvalue weighted by molar-refractivity contribution is 5.90. The number of hydrogen-bond acceptors (Lipinski definition) is 18. The van der Waals surface area contributed by atoms with E-state index in [-0.39, 0.29) is 37.2 Å². The number of hydrogen-bond donors (Lipinski definition) is 1. The number of likely N-dealkylation sites (N-methyl/N-ethyl adjacent to an activating group) is 1. The lowest BCUT2D eigenvalue weighted by molar-refractivity contribution is -0.318. The third kappa shape index (κ3) is 13.7. The zero-order valence-electron chi connectivity index (χ0n) is 51.3. The predicted octanol–water partition coefficient (Wildman–Crippen LogP) is 9.32. The number of para-hydroxylation sites is 1. The van der Waals surface area contributed by atoms with Gasteiger partial charge < -0.3 is 52.3 Å². The van der Waals surface area contributed by atoms with E-state index < -0.39 is 120 Å². The molecule has 0 aliphatic carbocycles. The lowest BCUT2D eigenvalue weighted by atomic mass is 9.73. The molecule has 3 aromatic carbocycles. The maximum absolute atomic E-state index is 15.5. The Morgan fingerprint density at radius 3 is 2.00 bits per heavy atom. The summed E-state index contributed by atoms with van der Waals surface area (Å²) in [5.41, 5.74) is 1.94. The largest absolute Gasteiger partial charge is 0.458 e. The Balaban J connectivity index is 1.18. The van der Waals surface area contributed by atoms with Gasteiger partial charge in [0.05, 0.1) is 58.6 Å². The number of rotatable bonds is 17. The first-order valence-corrected chi connectivity index (χ1v) is 29.7. The van der Waals surface area contributed by atoms with Gasteiger partial charge in [0.25, 0.3) is 0 Å². The lowest BCUT2D eigenvalue weighted by Gasteiger charge is -2.50. The van der Waals surface area contributed by atoms with Crippen LogP contribution in [-0.4, -0.2) is 164 Å². The van der Waals surface area contributed by atoms with Crippen LogP contribution in [0.4, 0.5) is 4.79 Å². The zero-order chi connectivity index (χ0) is 60.8. The zero-order valence-corrected chi connectivity index (χ0v) is 51.3. The Labute approximate surface area is 494 Å². The summed E-state index contributed by atoms with van der Waals surface area (Å²) in [6, 6.07) is 25.9. The highest BCUT2D eigenvalue weighted by Crippen LogP contribution is 2.45. The number of esters is 3. The van der Waals surface area contributed by atoms with E-state index in [1.54, 1.807) is 89.5 Å². The van der Waals surface area contributed by atoms with Crippen LogP contribution < -0.4 is 5.43 Å². The molecule has 19 nitrogen and oxygen atoms in total. The quantitative estimate of drug-likeness (QED) is 0.0593. The third-order valence-electron chi connectivity index (χ3n) is 18.1. The molecule has 4 aromatic rings. The summed E-state index contributed by atoms with van der Waals surface area (Å²) in [7, 11) is 6.88. The summed E-state index contributed by atoms with van der Waals surface area (Å²) in [6.07, 6.45) is -5.42. The number of hydrazine groups is 1. The molecule has 5 heterocycles. The molecule has 19 heteroatoms. The highest BCUT2D eigenvalue weighted by Gasteiger charge is 2.61. The number of aryl methyl sites for hydroxylation is 1. The molecule has 458 valence electrons. The van der Waals surface area contributed by atoms with E-state index in [1.165, 1.54) is 12.1 Å². The van der Waals surface area contributed by atoms with E-state index in [0.717, 1.165) is 16.5 Å². The van der Waals surface area contributed by atoms with Crippen molar-refractivity contribution in [3.8, 4) is 0 Å². The second-order valence-corrected chi connectivity index (χ2v) is 24.3. The number of fused-ring (bicyclic) bond motifs is 2. The average molecular weight is 1170 g/mol. The Kier molecular flexibility index (Phi) is 20.8. The Morgan fingerprint density at radius 2 is 1.37 bits per heavy atom. The van der Waals surface area contributed by atoms with Gasteiger partial charge in [-0.05, 0) is 130 Å². The molecule has 8 unspecified atom stereocenters. The SMILES string of the molecule is CC[C@H]1OC(=O)[C@H](C)[C@@H](OC2CC(C)(OC)C(OC(=O)c3ccccc3)C(C)O2)[C@H](C)[C@@H](OC2OC(C)CC(N(C)C)C2OC(=O)c2ccccc2)[C@](C)(OC)C[C@@H](C)C(=O)[C@H](C)[C@H]2N(NCCCc3ccnc4ccccc34)C(=O)O[C@]12C. The summed E-state index contributed by atoms with van der Waals surface area (Å²) in [4.78, 5) is 79.4. The molecule has 0 radical (unpaired) electrons. The van der Waals surface area contributed by atoms with Gasteiger partial charge in [0, 0.05) is 56.5 Å². The fraction of sp³-hybridized carbons (Fsp3) is 0.600. The van der Waals surface area contributed by atoms with Crippen molar-refractivity contribution in [3.63, 3.8) is 0 Å². The number of carbonyl (C=O) groups excluding carboxylic acids is 5. The van der Waals surface area contributed by atoms with Crippen molar-refractivity contribution in [1.29, 1.82) is 0 Å². The first kappa shape index (κ1) is 64.1. The minimum atomic E-state index is -1.54. The van der Waals surface area contributed by atoms with Crippen LogP contribution in [0, 0.1) is 23.7 Å². The Hall–Kier alpha value is -5.90. The monoisotopic (exact) mass is 1160 g/mol. The molecule has 4 fully saturated rings. The van der Waals surface area contributed by atoms with E-state index in [0.29, 0.717) is 36.9 Å². The molecule has 1 aromatic heterocycles. The smallest absolute Gasteiger partial charge is 0.425 e. The van der Waals surface area contributed by atoms with Gasteiger partial charge in [-0.1, -0.05) is 82.3 Å². The molecule has 1 N–H and O–H groups in total. The summed E-state index contributed by atoms with van der Waals surface area (Å²) in [5, 5.41) is 2.45. The van der Waals surface area contributed by atoms with Crippen LogP contribution in [0.5, 0.6) is 0 Å². The summed E-state index contributed by atoms with van der Waals surface area (Å²) >= 11 is 0. The summed E-state index contributed by atoms with van der Waals surface area (Å²) in [5.74, 6) is -5.60. The summed E-state index contributed by atoms with van der Waals surface area (Å²) < 4.78 is 66.3. The second-order valence-electron chi connectivity index (χ2n) is 24.3. The molecule has 8 rings (SSSR count). The molecule has 84 heavy (non-hydrogen) atoms. The second kappa shape index (κ2) is 27.2. The van der Waals surface area contributed by atoms with Crippen molar-refractivity contribution < 1.29 is 71.3 Å². The Bertz CT molecular complexity index is 2890. The van der Waals surface area contributed by atoms with Crippen LogP contribution in [0.25, 0.3) is 10.9 Å². The van der Waals surface area contributed by atoms with Crippen molar-refractivity contribution in [1.82, 2.24) is 20.3 Å². The predicted molar refractivity (Wildman–Crippen MR) is 312 cm³/mol. The molecular formula is C65H88N4O15. The molecular weight excluding hydrogens is 1080 g/mol. The van der Waals surface area contributed by atoms with Crippen molar-refractivity contribution in [2.24, 2.45) is 23.7 Å². The number of nitrogens with one attached hydrogen (secondary N) is 1. The number of amides is 1. The number of ketones is 1. The number of ether oxygens (including phenoxy) is 10. The van der Waals surface area contributed by atoms with Gasteiger partial charge in [-0.15, -0.1) is 0 Å². The van der Waals surface area contributed by atoms with Gasteiger partial charge in [0.2, 0.25) is 0 Å². The summed E-state index contributed by atoms with van der Waals surface area (Å²) in [6.45, 7) is 18.5. The number of nitrogens with zero attached hydrogens (tertiary/aromatic N) is 3. The van der Waals surface area contributed by atoms with Crippen LogP contribution in [0.15, 0.2) is 97.2 Å². The minimum absolute atomic E-state index is 0.0443. The fourth-order valence-corrected chi connectivity index (χ4v) is 13.4. The average Bonchev–Trinajstić information content (AvgIpc) is 3.69. The number of aromatic nitrogens is 1. The van der Waals surface area contributed by atoms with Crippen molar-refractivity contribution in [2.45, 2.75) is 192 Å². The van der Waals surface area contributed by atoms with Crippen molar-refractivity contribution >= 4 is 40.7 Å². The first-order chi connectivity index (χ1) is 40.0. The molecule has 0 saturated carbocycles. The molecule has 1 amide bonds. The van der Waals surface area contributed by atoms with Gasteiger partial charge in [-0.2, -0.15) is 0 Å². The van der Waals surface area contributed by atoms with Crippen LogP contribution in [0.2, 0.25) is 0 Å². The number of cyclic esters (lactones) is 1. The highest BCUT2D eigenvalue weighted by atomic mass is 16.7. The van der Waals surface area contributed by atoms with E-state index in [2.05, 4.69) is 10.4 Å². The number of Topliss-reactive ketones (excluding diaryl/α,β-unsaturated/α-hetero) is 1. The lowest BCUT2D eigenvalue weighted by Crippen LogP contribution is -2.62. The molecule has 4 aliphatic rings. The van der Waals surface area contributed by atoms with Crippen LogP contribution >= 0.6 is 0 Å². The topological polar surface area (TPSA) is 209 Å². The minimum Gasteiger partial charge on any atom is -0.458 e. The van der Waals surface area contributed by atoms with E-state index in [9.17, 15) is 14.4 Å². The molecule has 0 spiro atoms. The van der Waals surface area contributed by atoms with E-state index in [4.69, 9.17) is 47.4 Å².